The number of carboxylic acids is 1. The number of aromatic nitrogens is 1. The van der Waals surface area contributed by atoms with Gasteiger partial charge in [0.25, 0.3) is 0 Å². The molecule has 4 N–H and O–H groups in total. The molecule has 0 aliphatic carbocycles. The van der Waals surface area contributed by atoms with E-state index >= 15 is 0 Å². The topological polar surface area (TPSA) is 88.2 Å². The Morgan fingerprint density at radius 1 is 1.60 bits per heavy atom. The van der Waals surface area contributed by atoms with Crippen molar-refractivity contribution >= 4 is 17.5 Å². The fraction of sp³-hybridized carbons (Fsp3) is 0.400. The van der Waals surface area contributed by atoms with E-state index in [1.54, 1.807) is 7.05 Å². The second kappa shape index (κ2) is 4.16. The van der Waals surface area contributed by atoms with Gasteiger partial charge in [-0.1, -0.05) is 13.8 Å². The van der Waals surface area contributed by atoms with Crippen molar-refractivity contribution in [2.24, 2.45) is 0 Å². The van der Waals surface area contributed by atoms with Gasteiger partial charge in [0.2, 0.25) is 0 Å². The Morgan fingerprint density at radius 2 is 2.20 bits per heavy atom. The number of rotatable bonds is 3. The minimum Gasteiger partial charge on any atom is -0.478 e. The van der Waals surface area contributed by atoms with Gasteiger partial charge in [0.1, 0.15) is 5.82 Å². The van der Waals surface area contributed by atoms with Crippen molar-refractivity contribution in [3.05, 3.63) is 17.3 Å². The van der Waals surface area contributed by atoms with Crippen LogP contribution in [-0.4, -0.2) is 23.1 Å². The molecule has 0 bridgehead atoms. The number of aromatic carboxylic acids is 1. The van der Waals surface area contributed by atoms with Gasteiger partial charge in [-0.05, 0) is 12.0 Å². The SMILES string of the molecule is CNc1nc(C(C)C)cc(C(=O)O)c1N. The molecule has 0 unspecified atom stereocenters. The predicted molar refractivity (Wildman–Crippen MR) is 59.2 cm³/mol. The molecule has 0 radical (unpaired) electrons. The molecule has 0 amide bonds. The number of hydrogen-bond donors (Lipinski definition) is 3. The van der Waals surface area contributed by atoms with E-state index in [1.807, 2.05) is 13.8 Å². The number of hydrogen-bond acceptors (Lipinski definition) is 4. The number of nitrogen functional groups attached to an aromatic ring is 1. The van der Waals surface area contributed by atoms with Crippen LogP contribution in [0.3, 0.4) is 0 Å². The molecule has 1 aromatic rings. The molecule has 0 fully saturated rings. The number of nitrogens with zero attached hydrogens (tertiary/aromatic N) is 1. The van der Waals surface area contributed by atoms with Crippen molar-refractivity contribution in [3.8, 4) is 0 Å². The third-order valence-electron chi connectivity index (χ3n) is 2.14. The molecule has 0 saturated heterocycles. The van der Waals surface area contributed by atoms with Crippen LogP contribution in [0.1, 0.15) is 35.8 Å². The Hall–Kier alpha value is -1.78. The van der Waals surface area contributed by atoms with Crippen molar-refractivity contribution in [2.75, 3.05) is 18.1 Å². The number of nitrogens with one attached hydrogen (secondary N) is 1. The molecule has 5 heteroatoms. The normalized spacial score (nSPS) is 10.4. The molecular formula is C10H15N3O2. The lowest BCUT2D eigenvalue weighted by atomic mass is 10.1. The molecule has 0 aliphatic heterocycles. The van der Waals surface area contributed by atoms with Gasteiger partial charge in [-0.25, -0.2) is 9.78 Å². The Morgan fingerprint density at radius 3 is 2.60 bits per heavy atom. The third kappa shape index (κ3) is 2.18. The zero-order valence-electron chi connectivity index (χ0n) is 9.03. The zero-order chi connectivity index (χ0) is 11.6. The smallest absolute Gasteiger partial charge is 0.338 e. The third-order valence-corrected chi connectivity index (χ3v) is 2.14. The Balaban J connectivity index is 3.38. The summed E-state index contributed by atoms with van der Waals surface area (Å²) in [6.45, 7) is 3.90. The molecule has 5 nitrogen and oxygen atoms in total. The van der Waals surface area contributed by atoms with E-state index in [4.69, 9.17) is 10.8 Å². The zero-order valence-corrected chi connectivity index (χ0v) is 9.03. The van der Waals surface area contributed by atoms with E-state index < -0.39 is 5.97 Å². The molecule has 0 aromatic carbocycles. The molecule has 15 heavy (non-hydrogen) atoms. The lowest BCUT2D eigenvalue weighted by molar-refractivity contribution is 0.0698. The van der Waals surface area contributed by atoms with Gasteiger partial charge in [0, 0.05) is 12.7 Å². The van der Waals surface area contributed by atoms with Crippen LogP contribution in [0.25, 0.3) is 0 Å². The highest BCUT2D eigenvalue weighted by Gasteiger charge is 2.15. The van der Waals surface area contributed by atoms with Crippen LogP contribution >= 0.6 is 0 Å². The van der Waals surface area contributed by atoms with E-state index in [0.29, 0.717) is 11.5 Å². The highest BCUT2D eigenvalue weighted by atomic mass is 16.4. The van der Waals surface area contributed by atoms with Crippen LogP contribution in [0.5, 0.6) is 0 Å². The quantitative estimate of drug-likeness (QED) is 0.702. The second-order valence-electron chi connectivity index (χ2n) is 3.57. The summed E-state index contributed by atoms with van der Waals surface area (Å²) in [6.07, 6.45) is 0. The van der Waals surface area contributed by atoms with Crippen molar-refractivity contribution < 1.29 is 9.90 Å². The minimum atomic E-state index is -1.03. The van der Waals surface area contributed by atoms with Gasteiger partial charge in [0.05, 0.1) is 11.3 Å². The maximum atomic E-state index is 10.9. The lowest BCUT2D eigenvalue weighted by Crippen LogP contribution is -2.10. The van der Waals surface area contributed by atoms with Crippen LogP contribution in [0.4, 0.5) is 11.5 Å². The molecule has 0 spiro atoms. The number of pyridine rings is 1. The molecule has 0 aliphatic rings. The van der Waals surface area contributed by atoms with Crippen LogP contribution in [0.2, 0.25) is 0 Å². The van der Waals surface area contributed by atoms with Gasteiger partial charge >= 0.3 is 5.97 Å². The molecule has 1 rings (SSSR count). The summed E-state index contributed by atoms with van der Waals surface area (Å²) >= 11 is 0. The summed E-state index contributed by atoms with van der Waals surface area (Å²) in [5, 5.41) is 11.7. The molecular weight excluding hydrogens is 194 g/mol. The standard InChI is InChI=1S/C10H15N3O2/c1-5(2)7-4-6(10(14)15)8(11)9(12-3)13-7/h4-5H,11H2,1-3H3,(H,12,13)(H,14,15). The summed E-state index contributed by atoms with van der Waals surface area (Å²) in [6, 6.07) is 1.52. The minimum absolute atomic E-state index is 0.0954. The van der Waals surface area contributed by atoms with Crippen molar-refractivity contribution in [1.29, 1.82) is 0 Å². The number of carbonyl (C=O) groups is 1. The van der Waals surface area contributed by atoms with Crippen molar-refractivity contribution in [3.63, 3.8) is 0 Å². The lowest BCUT2D eigenvalue weighted by Gasteiger charge is -2.12. The number of nitrogens with two attached hydrogens (primary N) is 1. The number of carboxylic acid groups (broad SMARTS) is 1. The maximum absolute atomic E-state index is 10.9. The van der Waals surface area contributed by atoms with E-state index in [0.717, 1.165) is 0 Å². The summed E-state index contributed by atoms with van der Waals surface area (Å²) in [4.78, 5) is 15.2. The fourth-order valence-corrected chi connectivity index (χ4v) is 1.24. The van der Waals surface area contributed by atoms with E-state index in [2.05, 4.69) is 10.3 Å². The van der Waals surface area contributed by atoms with Crippen LogP contribution in [0.15, 0.2) is 6.07 Å². The van der Waals surface area contributed by atoms with Crippen LogP contribution < -0.4 is 11.1 Å². The first kappa shape index (κ1) is 11.3. The van der Waals surface area contributed by atoms with Gasteiger partial charge in [-0.2, -0.15) is 0 Å². The van der Waals surface area contributed by atoms with E-state index in [-0.39, 0.29) is 17.2 Å². The fourth-order valence-electron chi connectivity index (χ4n) is 1.24. The monoisotopic (exact) mass is 209 g/mol. The van der Waals surface area contributed by atoms with Crippen molar-refractivity contribution in [2.45, 2.75) is 19.8 Å². The first-order valence-electron chi connectivity index (χ1n) is 4.68. The molecule has 82 valence electrons. The van der Waals surface area contributed by atoms with Gasteiger partial charge in [-0.3, -0.25) is 0 Å². The molecule has 0 saturated carbocycles. The molecule has 0 atom stereocenters. The molecule has 1 heterocycles. The van der Waals surface area contributed by atoms with Crippen LogP contribution in [0, 0.1) is 0 Å². The predicted octanol–water partition coefficient (Wildman–Crippen LogP) is 1.53. The second-order valence-corrected chi connectivity index (χ2v) is 3.57. The van der Waals surface area contributed by atoms with Crippen molar-refractivity contribution in [1.82, 2.24) is 4.98 Å². The Bertz CT molecular complexity index is 388. The summed E-state index contributed by atoms with van der Waals surface area (Å²) < 4.78 is 0. The average Bonchev–Trinajstić information content (AvgIpc) is 2.17. The first-order chi connectivity index (χ1) is 6.97. The summed E-state index contributed by atoms with van der Waals surface area (Å²) in [5.74, 6) is -0.456. The molecule has 1 aromatic heterocycles. The summed E-state index contributed by atoms with van der Waals surface area (Å²) in [7, 11) is 1.66. The first-order valence-corrected chi connectivity index (χ1v) is 4.68. The van der Waals surface area contributed by atoms with E-state index in [9.17, 15) is 4.79 Å². The summed E-state index contributed by atoms with van der Waals surface area (Å²) in [5.41, 5.74) is 6.64. The van der Waals surface area contributed by atoms with Gasteiger partial charge < -0.3 is 16.2 Å². The largest absolute Gasteiger partial charge is 0.478 e. The maximum Gasteiger partial charge on any atom is 0.338 e. The average molecular weight is 209 g/mol. The Labute approximate surface area is 88.3 Å². The number of anilines is 2. The highest BCUT2D eigenvalue weighted by molar-refractivity contribution is 5.96. The van der Waals surface area contributed by atoms with Crippen LogP contribution in [-0.2, 0) is 0 Å². The van der Waals surface area contributed by atoms with Gasteiger partial charge in [-0.15, -0.1) is 0 Å². The van der Waals surface area contributed by atoms with Gasteiger partial charge in [0.15, 0.2) is 0 Å². The highest BCUT2D eigenvalue weighted by Crippen LogP contribution is 2.24. The Kier molecular flexibility index (Phi) is 3.14. The van der Waals surface area contributed by atoms with E-state index in [1.165, 1.54) is 6.07 Å².